The van der Waals surface area contributed by atoms with Crippen LogP contribution in [0.5, 0.6) is 0 Å². The molecule has 0 bridgehead atoms. The van der Waals surface area contributed by atoms with E-state index in [1.54, 1.807) is 6.92 Å². The molecule has 1 rings (SSSR count). The highest BCUT2D eigenvalue weighted by molar-refractivity contribution is 8.14. The maximum atomic E-state index is 10.9. The summed E-state index contributed by atoms with van der Waals surface area (Å²) in [5.41, 5.74) is 0. The van der Waals surface area contributed by atoms with Gasteiger partial charge in [0.1, 0.15) is 0 Å². The largest absolute Gasteiger partial charge is 0.465 e. The number of carbonyl (C=O) groups excluding carboxylic acids is 1. The van der Waals surface area contributed by atoms with Crippen molar-refractivity contribution in [3.05, 3.63) is 0 Å². The molecule has 13 heavy (non-hydrogen) atoms. The molecule has 0 saturated heterocycles. The van der Waals surface area contributed by atoms with Crippen molar-refractivity contribution >= 4 is 35.3 Å². The predicted octanol–water partition coefficient (Wildman–Crippen LogP) is 0.664. The van der Waals surface area contributed by atoms with E-state index >= 15 is 0 Å². The number of hydrogen-bond acceptors (Lipinski definition) is 5. The number of halogens is 1. The third kappa shape index (κ3) is 5.00. The summed E-state index contributed by atoms with van der Waals surface area (Å²) >= 11 is 1.40. The van der Waals surface area contributed by atoms with Crippen LogP contribution in [0.3, 0.4) is 0 Å². The number of hydrogen-bond donors (Lipinski definition) is 1. The summed E-state index contributed by atoms with van der Waals surface area (Å²) in [5.74, 6) is 0.165. The first-order valence-electron chi connectivity index (χ1n) is 3.89. The van der Waals surface area contributed by atoms with Crippen molar-refractivity contribution in [3.63, 3.8) is 0 Å². The summed E-state index contributed by atoms with van der Waals surface area (Å²) in [6.45, 7) is 3.93. The van der Waals surface area contributed by atoms with Crippen molar-refractivity contribution in [1.29, 1.82) is 0 Å². The molecule has 1 aliphatic rings. The van der Waals surface area contributed by atoms with Crippen LogP contribution in [0.1, 0.15) is 6.92 Å². The maximum absolute atomic E-state index is 10.9. The van der Waals surface area contributed by atoms with Crippen LogP contribution in [0, 0.1) is 0 Å². The maximum Gasteiger partial charge on any atom is 0.316 e. The van der Waals surface area contributed by atoms with Gasteiger partial charge in [-0.1, -0.05) is 11.8 Å². The van der Waals surface area contributed by atoms with Crippen molar-refractivity contribution in [2.24, 2.45) is 4.99 Å². The fourth-order valence-electron chi connectivity index (χ4n) is 0.803. The molecule has 0 saturated carbocycles. The summed E-state index contributed by atoms with van der Waals surface area (Å²) in [4.78, 5) is 15.0. The standard InChI is InChI=1S/C7H12N2O2S.ClH/c1-2-11-6(10)5-12-7-8-3-4-9-7;/h2-5H2,1H3,(H,8,9);1H. The zero-order chi connectivity index (χ0) is 8.81. The first-order chi connectivity index (χ1) is 5.83. The second-order valence-electron chi connectivity index (χ2n) is 2.21. The lowest BCUT2D eigenvalue weighted by atomic mass is 10.7. The number of ether oxygens (including phenoxy) is 1. The summed E-state index contributed by atoms with van der Waals surface area (Å²) in [6, 6.07) is 0. The predicted molar refractivity (Wildman–Crippen MR) is 56.6 cm³/mol. The third-order valence-corrected chi connectivity index (χ3v) is 2.20. The second-order valence-corrected chi connectivity index (χ2v) is 3.17. The number of thioether (sulfide) groups is 1. The number of nitrogens with zero attached hydrogens (tertiary/aromatic N) is 1. The van der Waals surface area contributed by atoms with E-state index in [9.17, 15) is 4.79 Å². The van der Waals surface area contributed by atoms with E-state index in [0.29, 0.717) is 12.4 Å². The van der Waals surface area contributed by atoms with Crippen LogP contribution >= 0.6 is 24.2 Å². The molecule has 1 N–H and O–H groups in total. The van der Waals surface area contributed by atoms with Gasteiger partial charge in [0, 0.05) is 6.54 Å². The Bertz CT molecular complexity index is 199. The van der Waals surface area contributed by atoms with Gasteiger partial charge in [-0.3, -0.25) is 9.79 Å². The van der Waals surface area contributed by atoms with E-state index in [0.717, 1.165) is 18.3 Å². The molecule has 0 radical (unpaired) electrons. The highest BCUT2D eigenvalue weighted by atomic mass is 35.5. The molecule has 0 spiro atoms. The Morgan fingerprint density at radius 3 is 3.08 bits per heavy atom. The van der Waals surface area contributed by atoms with Crippen LogP contribution in [0.2, 0.25) is 0 Å². The summed E-state index contributed by atoms with van der Waals surface area (Å²) in [7, 11) is 0. The number of amidine groups is 1. The van der Waals surface area contributed by atoms with Crippen LogP contribution in [0.25, 0.3) is 0 Å². The van der Waals surface area contributed by atoms with Gasteiger partial charge in [0.2, 0.25) is 0 Å². The van der Waals surface area contributed by atoms with Gasteiger partial charge in [0.25, 0.3) is 0 Å². The molecule has 1 aliphatic heterocycles. The second kappa shape index (κ2) is 7.03. The van der Waals surface area contributed by atoms with Gasteiger partial charge in [-0.15, -0.1) is 12.4 Å². The molecule has 0 aliphatic carbocycles. The molecule has 0 atom stereocenters. The van der Waals surface area contributed by atoms with Crippen molar-refractivity contribution < 1.29 is 9.53 Å². The van der Waals surface area contributed by atoms with Gasteiger partial charge in [0.15, 0.2) is 5.17 Å². The van der Waals surface area contributed by atoms with Crippen LogP contribution in [0.4, 0.5) is 0 Å². The Labute approximate surface area is 87.9 Å². The van der Waals surface area contributed by atoms with Gasteiger partial charge >= 0.3 is 5.97 Å². The van der Waals surface area contributed by atoms with E-state index in [4.69, 9.17) is 4.74 Å². The minimum Gasteiger partial charge on any atom is -0.465 e. The van der Waals surface area contributed by atoms with E-state index in [2.05, 4.69) is 10.3 Å². The molecule has 6 heteroatoms. The van der Waals surface area contributed by atoms with Crippen molar-refractivity contribution in [3.8, 4) is 0 Å². The molecule has 0 fully saturated rings. The smallest absolute Gasteiger partial charge is 0.316 e. The zero-order valence-corrected chi connectivity index (χ0v) is 9.04. The number of rotatable bonds is 3. The van der Waals surface area contributed by atoms with Gasteiger partial charge in [0.05, 0.1) is 18.9 Å². The zero-order valence-electron chi connectivity index (χ0n) is 7.41. The third-order valence-electron chi connectivity index (χ3n) is 1.28. The average Bonchev–Trinajstić information content (AvgIpc) is 2.53. The molecule has 76 valence electrons. The Balaban J connectivity index is 0.00000144. The van der Waals surface area contributed by atoms with Gasteiger partial charge in [-0.05, 0) is 6.92 Å². The molecular weight excluding hydrogens is 212 g/mol. The quantitative estimate of drug-likeness (QED) is 0.716. The normalized spacial score (nSPS) is 14.1. The number of aliphatic imine (C=N–C) groups is 1. The molecule has 0 aromatic heterocycles. The van der Waals surface area contributed by atoms with E-state index in [1.165, 1.54) is 11.8 Å². The first kappa shape index (κ1) is 12.6. The molecule has 4 nitrogen and oxygen atoms in total. The molecule has 0 aromatic carbocycles. The SMILES string of the molecule is CCOC(=O)CSC1=NCCN1.Cl. The fraction of sp³-hybridized carbons (Fsp3) is 0.714. The van der Waals surface area contributed by atoms with E-state index < -0.39 is 0 Å². The first-order valence-corrected chi connectivity index (χ1v) is 4.88. The molecule has 0 amide bonds. The average molecular weight is 225 g/mol. The van der Waals surface area contributed by atoms with Crippen LogP contribution in [-0.2, 0) is 9.53 Å². The number of nitrogens with one attached hydrogen (secondary N) is 1. The van der Waals surface area contributed by atoms with Crippen LogP contribution in [-0.4, -0.2) is 36.6 Å². The minimum atomic E-state index is -0.182. The molecular formula is C7H13ClN2O2S. The lowest BCUT2D eigenvalue weighted by molar-refractivity contribution is -0.139. The Hall–Kier alpha value is -0.420. The van der Waals surface area contributed by atoms with E-state index in [-0.39, 0.29) is 18.4 Å². The number of carbonyl (C=O) groups is 1. The summed E-state index contributed by atoms with van der Waals surface area (Å²) in [6.07, 6.45) is 0. The fourth-order valence-corrected chi connectivity index (χ4v) is 1.53. The topological polar surface area (TPSA) is 50.7 Å². The Morgan fingerprint density at radius 2 is 2.54 bits per heavy atom. The summed E-state index contributed by atoms with van der Waals surface area (Å²) < 4.78 is 4.76. The van der Waals surface area contributed by atoms with E-state index in [1.807, 2.05) is 0 Å². The van der Waals surface area contributed by atoms with Crippen molar-refractivity contribution in [1.82, 2.24) is 5.32 Å². The lowest BCUT2D eigenvalue weighted by Gasteiger charge is -2.01. The van der Waals surface area contributed by atoms with Crippen molar-refractivity contribution in [2.75, 3.05) is 25.4 Å². The monoisotopic (exact) mass is 224 g/mol. The van der Waals surface area contributed by atoms with Crippen LogP contribution in [0.15, 0.2) is 4.99 Å². The molecule has 0 aromatic rings. The Morgan fingerprint density at radius 1 is 1.77 bits per heavy atom. The van der Waals surface area contributed by atoms with Gasteiger partial charge in [-0.2, -0.15) is 0 Å². The minimum absolute atomic E-state index is 0. The Kier molecular flexibility index (Phi) is 6.80. The molecule has 1 heterocycles. The van der Waals surface area contributed by atoms with Gasteiger partial charge < -0.3 is 10.1 Å². The lowest BCUT2D eigenvalue weighted by Crippen LogP contribution is -2.17. The van der Waals surface area contributed by atoms with Crippen molar-refractivity contribution in [2.45, 2.75) is 6.92 Å². The summed E-state index contributed by atoms with van der Waals surface area (Å²) in [5, 5.41) is 3.91. The van der Waals surface area contributed by atoms with Gasteiger partial charge in [-0.25, -0.2) is 0 Å². The van der Waals surface area contributed by atoms with Crippen LogP contribution < -0.4 is 5.32 Å². The highest BCUT2D eigenvalue weighted by Gasteiger charge is 2.08. The highest BCUT2D eigenvalue weighted by Crippen LogP contribution is 2.05. The number of esters is 1. The molecule has 0 unspecified atom stereocenters.